The fraction of sp³-hybridized carbons (Fsp3) is 0.612. The van der Waals surface area contributed by atoms with Gasteiger partial charge in [0, 0.05) is 66.9 Å². The summed E-state index contributed by atoms with van der Waals surface area (Å²) < 4.78 is 34.1. The molecule has 19 heteroatoms. The molecule has 0 saturated carbocycles. The lowest BCUT2D eigenvalue weighted by Crippen LogP contribution is -2.68. The highest BCUT2D eigenvalue weighted by Crippen LogP contribution is 2.50. The summed E-state index contributed by atoms with van der Waals surface area (Å²) in [7, 11) is 4.69. The second kappa shape index (κ2) is 20.4. The van der Waals surface area contributed by atoms with Gasteiger partial charge < -0.3 is 43.4 Å². The van der Waals surface area contributed by atoms with Crippen LogP contribution >= 0.6 is 27.3 Å². The Balaban J connectivity index is 1.67. The van der Waals surface area contributed by atoms with Gasteiger partial charge in [0.1, 0.15) is 27.4 Å². The number of thiazole rings is 1. The van der Waals surface area contributed by atoms with Crippen LogP contribution in [0.1, 0.15) is 124 Å². The van der Waals surface area contributed by atoms with Crippen LogP contribution in [0.5, 0.6) is 0 Å². The number of aromatic nitrogens is 3. The molecule has 2 aliphatic rings. The van der Waals surface area contributed by atoms with Crippen LogP contribution in [0.3, 0.4) is 0 Å². The molecule has 4 aromatic rings. The van der Waals surface area contributed by atoms with Gasteiger partial charge in [-0.1, -0.05) is 32.9 Å². The number of amides is 2. The van der Waals surface area contributed by atoms with Crippen LogP contribution in [0.15, 0.2) is 46.5 Å². The van der Waals surface area contributed by atoms with Gasteiger partial charge in [0.2, 0.25) is 0 Å². The van der Waals surface area contributed by atoms with Gasteiger partial charge in [-0.15, -0.1) is 11.3 Å². The average molecular weight is 1020 g/mol. The van der Waals surface area contributed by atoms with Crippen molar-refractivity contribution in [2.45, 2.75) is 143 Å². The Morgan fingerprint density at radius 2 is 1.75 bits per heavy atom. The first-order chi connectivity index (χ1) is 31.7. The molecule has 4 atom stereocenters. The molecule has 0 bridgehead atoms. The van der Waals surface area contributed by atoms with Crippen molar-refractivity contribution in [2.24, 2.45) is 5.41 Å². The topological polar surface area (TPSA) is 170 Å². The van der Waals surface area contributed by atoms with Crippen LogP contribution < -0.4 is 10.8 Å². The molecule has 1 unspecified atom stereocenters. The smallest absolute Gasteiger partial charge is 0.480 e. The van der Waals surface area contributed by atoms with Crippen LogP contribution in [-0.4, -0.2) is 130 Å². The molecule has 2 amide bonds. The van der Waals surface area contributed by atoms with E-state index in [-0.39, 0.29) is 32.5 Å². The van der Waals surface area contributed by atoms with E-state index in [0.29, 0.717) is 50.6 Å². The number of nitrogens with one attached hydrogen (secondary N) is 1. The van der Waals surface area contributed by atoms with Gasteiger partial charge >= 0.3 is 19.2 Å². The number of fused-ring (bicyclic) bond motifs is 1. The second-order valence-electron chi connectivity index (χ2n) is 21.2. The lowest BCUT2D eigenvalue weighted by atomic mass is 9.75. The Morgan fingerprint density at radius 3 is 2.31 bits per heavy atom. The number of methoxy groups -OCH3 is 1. The first-order valence-electron chi connectivity index (χ1n) is 23.4. The summed E-state index contributed by atoms with van der Waals surface area (Å²) in [6, 6.07) is 8.35. The van der Waals surface area contributed by atoms with Gasteiger partial charge in [0.15, 0.2) is 5.54 Å². The maximum absolute atomic E-state index is 16.0. The number of nitrogens with zero attached hydrogens (tertiary/aromatic N) is 6. The number of carboxylic acids is 1. The van der Waals surface area contributed by atoms with Gasteiger partial charge in [0.05, 0.1) is 35.3 Å². The zero-order valence-corrected chi connectivity index (χ0v) is 44.9. The average Bonchev–Trinajstić information content (AvgIpc) is 3.89. The van der Waals surface area contributed by atoms with Gasteiger partial charge in [0.25, 0.3) is 5.91 Å². The molecule has 68 heavy (non-hydrogen) atoms. The molecule has 2 saturated heterocycles. The summed E-state index contributed by atoms with van der Waals surface area (Å²) in [6.45, 7) is 24.6. The van der Waals surface area contributed by atoms with E-state index in [4.69, 9.17) is 28.5 Å². The Kier molecular flexibility index (Phi) is 16.0. The van der Waals surface area contributed by atoms with Crippen molar-refractivity contribution in [3.63, 3.8) is 0 Å². The molecule has 372 valence electrons. The predicted octanol–water partition coefficient (Wildman–Crippen LogP) is 8.33. The number of ether oxygens (including phenoxy) is 3. The quantitative estimate of drug-likeness (QED) is 0.103. The summed E-state index contributed by atoms with van der Waals surface area (Å²) in [5.74, 6) is -1.73. The number of carbonyl (C=O) groups is 3. The predicted molar refractivity (Wildman–Crippen MR) is 269 cm³/mol. The fourth-order valence-electron chi connectivity index (χ4n) is 8.93. The maximum Gasteiger partial charge on any atom is 0.494 e. The standard InChI is InChI=1S/C49H71BBrN7O9S/c1-16-56-34-21-20-31(50-66-47(9,10)48(11,12)67-50)27-33(34)36(39(56)32-19-17-23-52-37(32)30(2)63-15)49(43(60)61)22-18-24-57(58(49)29-45(3,4)5)42(59)38(54-44(62)65-46(6,7)8)40(64-26-25-55(13)14)41-53-35(51)28-68-41/h17,19-21,23,27-28,30,38,40H,16,18,22,24-26,29H2,1-15H3,(H,54,62)(H,60,61)/t30-,38-,40-,49?/m0/s1. The van der Waals surface area contributed by atoms with E-state index in [1.54, 1.807) is 44.5 Å². The second-order valence-corrected chi connectivity index (χ2v) is 22.9. The molecule has 0 aliphatic carbocycles. The van der Waals surface area contributed by atoms with Gasteiger partial charge in [-0.25, -0.2) is 14.6 Å². The number of aliphatic carboxylic acids is 1. The molecular formula is C49H71BBrN7O9S. The van der Waals surface area contributed by atoms with Crippen molar-refractivity contribution in [2.75, 3.05) is 47.4 Å². The van der Waals surface area contributed by atoms with Crippen LogP contribution in [-0.2, 0) is 45.2 Å². The number of likely N-dealkylation sites (N-methyl/N-ethyl adjacent to an activating group) is 1. The van der Waals surface area contributed by atoms with Crippen molar-refractivity contribution in [1.29, 1.82) is 0 Å². The van der Waals surface area contributed by atoms with E-state index >= 15 is 9.59 Å². The lowest BCUT2D eigenvalue weighted by Gasteiger charge is -2.53. The molecular weight excluding hydrogens is 953 g/mol. The molecule has 1 aromatic carbocycles. The summed E-state index contributed by atoms with van der Waals surface area (Å²) in [5.41, 5.74) is -0.710. The fourth-order valence-corrected chi connectivity index (χ4v) is 10.3. The third kappa shape index (κ3) is 11.0. The third-order valence-electron chi connectivity index (χ3n) is 12.9. The zero-order valence-electron chi connectivity index (χ0n) is 42.5. The Morgan fingerprint density at radius 1 is 1.07 bits per heavy atom. The molecule has 2 fully saturated rings. The normalized spacial score (nSPS) is 20.2. The number of benzene rings is 1. The molecule has 5 heterocycles. The van der Waals surface area contributed by atoms with E-state index in [1.807, 2.05) is 112 Å². The monoisotopic (exact) mass is 1020 g/mol. The summed E-state index contributed by atoms with van der Waals surface area (Å²) in [5, 5.41) is 21.3. The van der Waals surface area contributed by atoms with E-state index < -0.39 is 71.1 Å². The summed E-state index contributed by atoms with van der Waals surface area (Å²) in [6.07, 6.45) is -0.266. The van der Waals surface area contributed by atoms with Crippen molar-refractivity contribution >= 4 is 68.7 Å². The number of hydrazine groups is 1. The van der Waals surface area contributed by atoms with E-state index in [0.717, 1.165) is 11.0 Å². The van der Waals surface area contributed by atoms with Crippen molar-refractivity contribution in [3.8, 4) is 11.3 Å². The van der Waals surface area contributed by atoms with Crippen LogP contribution in [0, 0.1) is 5.41 Å². The van der Waals surface area contributed by atoms with Crippen LogP contribution in [0.25, 0.3) is 22.2 Å². The zero-order chi connectivity index (χ0) is 50.3. The Hall–Kier alpha value is -3.95. The number of aryl methyl sites for hydroxylation is 1. The first kappa shape index (κ1) is 53.4. The largest absolute Gasteiger partial charge is 0.494 e. The number of pyridine rings is 1. The SMILES string of the molecule is CCn1c(-c2cccnc2[C@H](C)OC)c(C2(C(=O)O)CCCN(C(=O)[C@@H](NC(=O)OC(C)(C)C)[C@H](OCCN(C)C)c3nc(Br)cs3)N2CC(C)(C)C)c2cc(B3OC(C)(C)C(C)(C)O3)ccc21. The van der Waals surface area contributed by atoms with Crippen molar-refractivity contribution in [1.82, 2.24) is 34.8 Å². The highest BCUT2D eigenvalue weighted by molar-refractivity contribution is 9.10. The highest BCUT2D eigenvalue weighted by Gasteiger charge is 2.57. The maximum atomic E-state index is 16.0. The van der Waals surface area contributed by atoms with Crippen molar-refractivity contribution in [3.05, 3.63) is 62.8 Å². The summed E-state index contributed by atoms with van der Waals surface area (Å²) >= 11 is 4.76. The first-order valence-corrected chi connectivity index (χ1v) is 25.0. The van der Waals surface area contributed by atoms with Gasteiger partial charge in [-0.05, 0) is 134 Å². The molecule has 3 aromatic heterocycles. The number of rotatable bonds is 16. The Bertz CT molecular complexity index is 2450. The van der Waals surface area contributed by atoms with Crippen LogP contribution in [0.2, 0.25) is 0 Å². The van der Waals surface area contributed by atoms with Crippen molar-refractivity contribution < 1.29 is 43.0 Å². The molecule has 6 rings (SSSR count). The van der Waals surface area contributed by atoms with E-state index in [9.17, 15) is 9.90 Å². The molecule has 0 radical (unpaired) electrons. The minimum absolute atomic E-state index is 0.114. The lowest BCUT2D eigenvalue weighted by molar-refractivity contribution is -0.200. The molecule has 2 aliphatic heterocycles. The van der Waals surface area contributed by atoms with E-state index in [1.165, 1.54) is 16.3 Å². The van der Waals surface area contributed by atoms with Crippen LogP contribution in [0.4, 0.5) is 4.79 Å². The number of alkyl carbamates (subject to hydrolysis) is 1. The molecule has 2 N–H and O–H groups in total. The third-order valence-corrected chi connectivity index (χ3v) is 14.5. The number of carbonyl (C=O) groups excluding carboxylic acids is 2. The molecule has 16 nitrogen and oxygen atoms in total. The Labute approximate surface area is 414 Å². The van der Waals surface area contributed by atoms with Gasteiger partial charge in [-0.2, -0.15) is 5.01 Å². The molecule has 0 spiro atoms. The number of hydrogen-bond donors (Lipinski definition) is 2. The number of hydrogen-bond acceptors (Lipinski definition) is 13. The highest BCUT2D eigenvalue weighted by atomic mass is 79.9. The van der Waals surface area contributed by atoms with Gasteiger partial charge in [-0.3, -0.25) is 14.8 Å². The minimum atomic E-state index is -1.89. The van der Waals surface area contributed by atoms with E-state index in [2.05, 4.69) is 30.8 Å². The number of carboxylic acid groups (broad SMARTS) is 1. The summed E-state index contributed by atoms with van der Waals surface area (Å²) in [4.78, 5) is 56.5. The number of halogens is 1. The minimum Gasteiger partial charge on any atom is -0.480 e.